The fraction of sp³-hybridized carbons (Fsp3) is 0.375. The Balaban J connectivity index is 1.55. The molecule has 0 spiro atoms. The molecule has 1 saturated carbocycles. The molecule has 2 N–H and O–H groups in total. The van der Waals surface area contributed by atoms with Crippen LogP contribution in [0.15, 0.2) is 72.9 Å². The van der Waals surface area contributed by atoms with Gasteiger partial charge in [0.1, 0.15) is 17.6 Å². The zero-order valence-corrected chi connectivity index (χ0v) is 24.1. The second-order valence-corrected chi connectivity index (χ2v) is 10.7. The molecule has 1 atom stereocenters. The number of nitrogens with zero attached hydrogens (tertiary/aromatic N) is 2. The van der Waals surface area contributed by atoms with Gasteiger partial charge in [0.15, 0.2) is 0 Å². The Hall–Kier alpha value is -3.91. The van der Waals surface area contributed by atoms with E-state index in [9.17, 15) is 14.4 Å². The van der Waals surface area contributed by atoms with Crippen molar-refractivity contribution in [3.63, 3.8) is 0 Å². The topological polar surface area (TPSA) is 101 Å². The van der Waals surface area contributed by atoms with Gasteiger partial charge in [0.05, 0.1) is 7.11 Å². The van der Waals surface area contributed by atoms with Crippen molar-refractivity contribution in [1.82, 2.24) is 15.2 Å². The van der Waals surface area contributed by atoms with Crippen molar-refractivity contribution < 1.29 is 19.1 Å². The predicted octanol–water partition coefficient (Wildman–Crippen LogP) is 6.07. The summed E-state index contributed by atoms with van der Waals surface area (Å²) < 4.78 is 5.29. The third kappa shape index (κ3) is 9.05. The Labute approximate surface area is 246 Å². The smallest absolute Gasteiger partial charge is 0.247 e. The van der Waals surface area contributed by atoms with Crippen molar-refractivity contribution >= 4 is 35.1 Å². The Kier molecular flexibility index (Phi) is 11.1. The monoisotopic (exact) mass is 576 g/mol. The lowest BCUT2D eigenvalue weighted by atomic mass is 9.94. The first-order chi connectivity index (χ1) is 19.9. The van der Waals surface area contributed by atoms with Gasteiger partial charge in [-0.25, -0.2) is 4.98 Å². The second kappa shape index (κ2) is 15.2. The number of amides is 3. The molecule has 3 aromatic rings. The molecule has 0 aliphatic heterocycles. The number of methoxy groups -OCH3 is 1. The molecule has 0 unspecified atom stereocenters. The number of carbonyl (C=O) groups is 3. The number of halogens is 1. The summed E-state index contributed by atoms with van der Waals surface area (Å²) in [6, 6.07) is 19.0. The third-order valence-corrected chi connectivity index (χ3v) is 7.51. The number of ether oxygens (including phenoxy) is 1. The van der Waals surface area contributed by atoms with Crippen LogP contribution in [0, 0.1) is 0 Å². The summed E-state index contributed by atoms with van der Waals surface area (Å²) in [5.41, 5.74) is 1.54. The molecule has 0 bridgehead atoms. The van der Waals surface area contributed by atoms with Crippen LogP contribution in [0.2, 0.25) is 5.02 Å². The van der Waals surface area contributed by atoms with E-state index >= 15 is 0 Å². The molecule has 1 aliphatic carbocycles. The molecule has 216 valence electrons. The van der Waals surface area contributed by atoms with E-state index in [-0.39, 0.29) is 43.1 Å². The van der Waals surface area contributed by atoms with Crippen LogP contribution in [0.3, 0.4) is 0 Å². The summed E-state index contributed by atoms with van der Waals surface area (Å²) in [5.74, 6) is 0.517. The van der Waals surface area contributed by atoms with Gasteiger partial charge < -0.3 is 20.3 Å². The highest BCUT2D eigenvalue weighted by molar-refractivity contribution is 6.30. The SMILES string of the molecule is COc1ccc(CN(C(=O)CCCC(=O)Nc2ccccn2)[C@@H](C(=O)NC2CCCCC2)c2ccc(Cl)cc2)cc1. The minimum atomic E-state index is -0.855. The highest BCUT2D eigenvalue weighted by Gasteiger charge is 2.33. The second-order valence-electron chi connectivity index (χ2n) is 10.3. The van der Waals surface area contributed by atoms with Crippen molar-refractivity contribution in [3.8, 4) is 5.75 Å². The highest BCUT2D eigenvalue weighted by atomic mass is 35.5. The van der Waals surface area contributed by atoms with Crippen LogP contribution in [0.4, 0.5) is 5.82 Å². The van der Waals surface area contributed by atoms with Crippen LogP contribution in [-0.2, 0) is 20.9 Å². The maximum atomic E-state index is 13.9. The first-order valence-corrected chi connectivity index (χ1v) is 14.5. The predicted molar refractivity (Wildman–Crippen MR) is 159 cm³/mol. The average Bonchev–Trinajstić information content (AvgIpc) is 2.99. The minimum Gasteiger partial charge on any atom is -0.497 e. The lowest BCUT2D eigenvalue weighted by molar-refractivity contribution is -0.142. The fourth-order valence-electron chi connectivity index (χ4n) is 5.08. The summed E-state index contributed by atoms with van der Waals surface area (Å²) in [4.78, 5) is 45.9. The van der Waals surface area contributed by atoms with Gasteiger partial charge in [-0.2, -0.15) is 0 Å². The van der Waals surface area contributed by atoms with Crippen LogP contribution in [0.1, 0.15) is 68.5 Å². The van der Waals surface area contributed by atoms with Gasteiger partial charge in [0.25, 0.3) is 0 Å². The van der Waals surface area contributed by atoms with Gasteiger partial charge in [0, 0.05) is 36.6 Å². The number of anilines is 1. The van der Waals surface area contributed by atoms with E-state index in [4.69, 9.17) is 16.3 Å². The van der Waals surface area contributed by atoms with Gasteiger partial charge in [-0.1, -0.05) is 61.2 Å². The van der Waals surface area contributed by atoms with E-state index in [1.165, 1.54) is 6.42 Å². The van der Waals surface area contributed by atoms with E-state index in [0.717, 1.165) is 31.2 Å². The van der Waals surface area contributed by atoms with Crippen molar-refractivity contribution in [3.05, 3.63) is 89.1 Å². The van der Waals surface area contributed by atoms with E-state index < -0.39 is 6.04 Å². The summed E-state index contributed by atoms with van der Waals surface area (Å²) in [7, 11) is 1.60. The molecule has 1 fully saturated rings. The minimum absolute atomic E-state index is 0.0827. The molecule has 0 radical (unpaired) electrons. The van der Waals surface area contributed by atoms with Crippen LogP contribution in [0.5, 0.6) is 5.75 Å². The van der Waals surface area contributed by atoms with Crippen molar-refractivity contribution in [2.24, 2.45) is 0 Å². The maximum absolute atomic E-state index is 13.9. The molecule has 2 aromatic carbocycles. The maximum Gasteiger partial charge on any atom is 0.247 e. The molecule has 4 rings (SSSR count). The van der Waals surface area contributed by atoms with E-state index in [2.05, 4.69) is 15.6 Å². The average molecular weight is 577 g/mol. The Bertz CT molecular complexity index is 1280. The van der Waals surface area contributed by atoms with Crippen molar-refractivity contribution in [1.29, 1.82) is 0 Å². The first-order valence-electron chi connectivity index (χ1n) is 14.1. The largest absolute Gasteiger partial charge is 0.497 e. The number of pyridine rings is 1. The lowest BCUT2D eigenvalue weighted by Gasteiger charge is -2.33. The molecular weight excluding hydrogens is 540 g/mol. The molecule has 8 nitrogen and oxygen atoms in total. The molecule has 3 amide bonds. The molecule has 1 aromatic heterocycles. The quantitative estimate of drug-likeness (QED) is 0.272. The first kappa shape index (κ1) is 30.1. The summed E-state index contributed by atoms with van der Waals surface area (Å²) in [6.45, 7) is 0.217. The van der Waals surface area contributed by atoms with E-state index in [1.807, 2.05) is 24.3 Å². The molecule has 9 heteroatoms. The number of rotatable bonds is 12. The molecule has 41 heavy (non-hydrogen) atoms. The molecule has 1 heterocycles. The Morgan fingerprint density at radius 3 is 2.37 bits per heavy atom. The molecular formula is C32H37ClN4O4. The van der Waals surface area contributed by atoms with Crippen molar-refractivity contribution in [2.45, 2.75) is 70.0 Å². The number of benzene rings is 2. The number of hydrogen-bond donors (Lipinski definition) is 2. The highest BCUT2D eigenvalue weighted by Crippen LogP contribution is 2.28. The fourth-order valence-corrected chi connectivity index (χ4v) is 5.21. The van der Waals surface area contributed by atoms with Gasteiger partial charge in [0.2, 0.25) is 17.7 Å². The van der Waals surface area contributed by atoms with Crippen LogP contribution in [0.25, 0.3) is 0 Å². The van der Waals surface area contributed by atoms with Crippen LogP contribution >= 0.6 is 11.6 Å². The van der Waals surface area contributed by atoms with Gasteiger partial charge >= 0.3 is 0 Å². The zero-order chi connectivity index (χ0) is 29.0. The number of carbonyl (C=O) groups excluding carboxylic acids is 3. The third-order valence-electron chi connectivity index (χ3n) is 7.26. The lowest BCUT2D eigenvalue weighted by Crippen LogP contribution is -2.46. The number of aromatic nitrogens is 1. The van der Waals surface area contributed by atoms with E-state index in [0.29, 0.717) is 28.6 Å². The number of hydrogen-bond acceptors (Lipinski definition) is 5. The summed E-state index contributed by atoms with van der Waals surface area (Å²) in [5, 5.41) is 6.51. The summed E-state index contributed by atoms with van der Waals surface area (Å²) in [6.07, 6.45) is 7.36. The Morgan fingerprint density at radius 1 is 0.976 bits per heavy atom. The zero-order valence-electron chi connectivity index (χ0n) is 23.4. The van der Waals surface area contributed by atoms with Gasteiger partial charge in [-0.3, -0.25) is 14.4 Å². The van der Waals surface area contributed by atoms with Gasteiger partial charge in [-0.15, -0.1) is 0 Å². The normalized spacial score (nSPS) is 14.1. The Morgan fingerprint density at radius 2 is 1.71 bits per heavy atom. The van der Waals surface area contributed by atoms with Crippen molar-refractivity contribution in [2.75, 3.05) is 12.4 Å². The van der Waals surface area contributed by atoms with E-state index in [1.54, 1.807) is 60.7 Å². The van der Waals surface area contributed by atoms with Gasteiger partial charge in [-0.05, 0) is 66.8 Å². The standard InChI is InChI=1S/C32H37ClN4O4/c1-41-27-19-13-23(14-20-27)22-37(30(39)12-7-11-29(38)36-28-10-5-6-21-34-28)31(24-15-17-25(33)18-16-24)32(40)35-26-8-3-2-4-9-26/h5-6,10,13-21,26,31H,2-4,7-9,11-12,22H2,1H3,(H,35,40)(H,34,36,38)/t31-/m1/s1. The van der Waals surface area contributed by atoms with Crippen LogP contribution in [-0.4, -0.2) is 40.8 Å². The van der Waals surface area contributed by atoms with Crippen LogP contribution < -0.4 is 15.4 Å². The number of nitrogens with one attached hydrogen (secondary N) is 2. The molecule has 1 aliphatic rings. The summed E-state index contributed by atoms with van der Waals surface area (Å²) >= 11 is 6.17. The molecule has 0 saturated heterocycles.